The van der Waals surface area contributed by atoms with Crippen LogP contribution >= 0.6 is 27.7 Å². The molecule has 1 aromatic rings. The van der Waals surface area contributed by atoms with Crippen molar-refractivity contribution in [3.05, 3.63) is 4.73 Å². The van der Waals surface area contributed by atoms with Gasteiger partial charge < -0.3 is 4.74 Å². The van der Waals surface area contributed by atoms with Crippen LogP contribution in [0.5, 0.6) is 6.01 Å². The summed E-state index contributed by atoms with van der Waals surface area (Å²) >= 11 is 5.16. The van der Waals surface area contributed by atoms with Crippen molar-refractivity contribution >= 4 is 27.7 Å². The summed E-state index contributed by atoms with van der Waals surface area (Å²) < 4.78 is 7.83. The van der Waals surface area contributed by atoms with E-state index in [-0.39, 0.29) is 0 Å². The zero-order valence-electron chi connectivity index (χ0n) is 7.23. The summed E-state index contributed by atoms with van der Waals surface area (Å²) in [4.78, 5) is 4.14. The molecule has 2 heterocycles. The lowest BCUT2D eigenvalue weighted by Gasteiger charge is -2.25. The third-order valence-electron chi connectivity index (χ3n) is 1.81. The Balaban J connectivity index is 2.20. The highest BCUT2D eigenvalue weighted by atomic mass is 79.9. The van der Waals surface area contributed by atoms with Crippen LogP contribution in [0.25, 0.3) is 0 Å². The molecule has 0 unspecified atom stereocenters. The van der Waals surface area contributed by atoms with Crippen LogP contribution in [-0.2, 0) is 0 Å². The van der Waals surface area contributed by atoms with Gasteiger partial charge >= 0.3 is 6.01 Å². The molecular weight excluding hydrogens is 254 g/mol. The zero-order chi connectivity index (χ0) is 9.26. The van der Waals surface area contributed by atoms with Gasteiger partial charge in [-0.3, -0.25) is 0 Å². The predicted octanol–water partition coefficient (Wildman–Crippen LogP) is 1.73. The van der Waals surface area contributed by atoms with Crippen molar-refractivity contribution in [1.82, 2.24) is 14.8 Å². The van der Waals surface area contributed by atoms with Gasteiger partial charge in [-0.25, -0.2) is 4.68 Å². The molecule has 1 aliphatic rings. The molecule has 0 atom stereocenters. The summed E-state index contributed by atoms with van der Waals surface area (Å²) in [6.45, 7) is 2.58. The number of thioether (sulfide) groups is 1. The molecule has 6 heteroatoms. The van der Waals surface area contributed by atoms with Gasteiger partial charge in [0.05, 0.1) is 12.6 Å². The minimum atomic E-state index is 0.463. The van der Waals surface area contributed by atoms with E-state index in [1.54, 1.807) is 0 Å². The molecule has 0 N–H and O–H groups in total. The Labute approximate surface area is 89.2 Å². The first-order chi connectivity index (χ1) is 6.31. The number of halogens is 1. The second kappa shape index (κ2) is 3.88. The fraction of sp³-hybridized carbons (Fsp3) is 0.714. The number of ether oxygens (including phenoxy) is 1. The Morgan fingerprint density at radius 3 is 3.00 bits per heavy atom. The quantitative estimate of drug-likeness (QED) is 0.833. The average Bonchev–Trinajstić information content (AvgIpc) is 2.29. The van der Waals surface area contributed by atoms with Crippen LogP contribution in [0.2, 0.25) is 0 Å². The molecule has 0 spiro atoms. The molecule has 0 aliphatic carbocycles. The molecule has 1 fully saturated rings. The third-order valence-corrected chi connectivity index (χ3v) is 3.39. The van der Waals surface area contributed by atoms with Crippen LogP contribution in [0.4, 0.5) is 0 Å². The molecule has 0 bridgehead atoms. The van der Waals surface area contributed by atoms with Gasteiger partial charge in [-0.1, -0.05) is 0 Å². The van der Waals surface area contributed by atoms with E-state index in [2.05, 4.69) is 26.0 Å². The molecule has 1 aliphatic heterocycles. The highest BCUT2D eigenvalue weighted by Crippen LogP contribution is 2.31. The lowest BCUT2D eigenvalue weighted by Crippen LogP contribution is -2.24. The summed E-state index contributed by atoms with van der Waals surface area (Å²) in [5.41, 5.74) is 0. The van der Waals surface area contributed by atoms with E-state index in [1.807, 2.05) is 23.4 Å². The predicted molar refractivity (Wildman–Crippen MR) is 55.3 cm³/mol. The molecule has 4 nitrogen and oxygen atoms in total. The van der Waals surface area contributed by atoms with Gasteiger partial charge in [-0.15, -0.1) is 5.10 Å². The van der Waals surface area contributed by atoms with Crippen molar-refractivity contribution in [2.75, 3.05) is 18.1 Å². The standard InChI is InChI=1S/C7H10BrN3OS/c1-2-12-7-9-6(8)10-11(7)5-3-13-4-5/h5H,2-4H2,1H3. The lowest BCUT2D eigenvalue weighted by molar-refractivity contribution is 0.281. The molecule has 72 valence electrons. The summed E-state index contributed by atoms with van der Waals surface area (Å²) in [5.74, 6) is 2.21. The number of rotatable bonds is 3. The fourth-order valence-corrected chi connectivity index (χ4v) is 2.17. The Morgan fingerprint density at radius 1 is 1.69 bits per heavy atom. The highest BCUT2D eigenvalue weighted by Gasteiger charge is 2.25. The normalized spacial score (nSPS) is 17.1. The van der Waals surface area contributed by atoms with Gasteiger partial charge in [0, 0.05) is 11.5 Å². The number of aromatic nitrogens is 3. The van der Waals surface area contributed by atoms with Crippen molar-refractivity contribution in [3.8, 4) is 6.01 Å². The number of nitrogens with zero attached hydrogens (tertiary/aromatic N) is 3. The van der Waals surface area contributed by atoms with Crippen LogP contribution < -0.4 is 4.74 Å². The smallest absolute Gasteiger partial charge is 0.316 e. The van der Waals surface area contributed by atoms with E-state index in [1.165, 1.54) is 0 Å². The van der Waals surface area contributed by atoms with Crippen LogP contribution in [0, 0.1) is 0 Å². The molecule has 13 heavy (non-hydrogen) atoms. The van der Waals surface area contributed by atoms with Crippen molar-refractivity contribution in [2.45, 2.75) is 13.0 Å². The number of hydrogen-bond donors (Lipinski definition) is 0. The Morgan fingerprint density at radius 2 is 2.46 bits per heavy atom. The molecule has 0 amide bonds. The van der Waals surface area contributed by atoms with E-state index >= 15 is 0 Å². The van der Waals surface area contributed by atoms with Gasteiger partial charge in [0.1, 0.15) is 0 Å². The van der Waals surface area contributed by atoms with Crippen molar-refractivity contribution < 1.29 is 4.74 Å². The lowest BCUT2D eigenvalue weighted by atomic mass is 10.4. The molecule has 2 rings (SSSR count). The van der Waals surface area contributed by atoms with Crippen molar-refractivity contribution in [2.24, 2.45) is 0 Å². The second-order valence-electron chi connectivity index (χ2n) is 2.73. The average molecular weight is 264 g/mol. The first-order valence-electron chi connectivity index (χ1n) is 4.14. The van der Waals surface area contributed by atoms with Crippen LogP contribution in [-0.4, -0.2) is 32.9 Å². The largest absolute Gasteiger partial charge is 0.464 e. The first kappa shape index (κ1) is 9.33. The summed E-state index contributed by atoms with van der Waals surface area (Å²) in [7, 11) is 0. The fourth-order valence-electron chi connectivity index (χ4n) is 1.11. The maximum atomic E-state index is 5.36. The molecule has 0 saturated carbocycles. The summed E-state index contributed by atoms with van der Waals surface area (Å²) in [5, 5.41) is 4.24. The van der Waals surface area contributed by atoms with Gasteiger partial charge in [-0.05, 0) is 22.9 Å². The molecule has 1 aromatic heterocycles. The Hall–Kier alpha value is -0.230. The zero-order valence-corrected chi connectivity index (χ0v) is 9.64. The maximum absolute atomic E-state index is 5.36. The summed E-state index contributed by atoms with van der Waals surface area (Å²) in [6.07, 6.45) is 0. The SMILES string of the molecule is CCOc1nc(Br)nn1C1CSC1. The van der Waals surface area contributed by atoms with Crippen molar-refractivity contribution in [3.63, 3.8) is 0 Å². The Kier molecular flexibility index (Phi) is 2.78. The van der Waals surface area contributed by atoms with E-state index in [4.69, 9.17) is 4.74 Å². The highest BCUT2D eigenvalue weighted by molar-refractivity contribution is 9.10. The number of hydrogen-bond acceptors (Lipinski definition) is 4. The topological polar surface area (TPSA) is 39.9 Å². The third kappa shape index (κ3) is 1.83. The van der Waals surface area contributed by atoms with Gasteiger partial charge in [0.15, 0.2) is 0 Å². The second-order valence-corrected chi connectivity index (χ2v) is 4.52. The van der Waals surface area contributed by atoms with Gasteiger partial charge in [0.25, 0.3) is 0 Å². The summed E-state index contributed by atoms with van der Waals surface area (Å²) in [6, 6.07) is 1.09. The maximum Gasteiger partial charge on any atom is 0.316 e. The van der Waals surface area contributed by atoms with Crippen LogP contribution in [0.15, 0.2) is 4.73 Å². The van der Waals surface area contributed by atoms with Gasteiger partial charge in [-0.2, -0.15) is 16.7 Å². The van der Waals surface area contributed by atoms with E-state index in [0.717, 1.165) is 11.5 Å². The van der Waals surface area contributed by atoms with E-state index in [0.29, 0.717) is 23.4 Å². The van der Waals surface area contributed by atoms with Crippen LogP contribution in [0.3, 0.4) is 0 Å². The monoisotopic (exact) mass is 263 g/mol. The molecule has 1 saturated heterocycles. The Bertz CT molecular complexity index is 300. The van der Waals surface area contributed by atoms with E-state index < -0.39 is 0 Å². The molecule has 0 radical (unpaired) electrons. The first-order valence-corrected chi connectivity index (χ1v) is 6.08. The molecule has 0 aromatic carbocycles. The minimum absolute atomic E-state index is 0.463. The van der Waals surface area contributed by atoms with Crippen molar-refractivity contribution in [1.29, 1.82) is 0 Å². The molecular formula is C7H10BrN3OS. The van der Waals surface area contributed by atoms with Gasteiger partial charge in [0.2, 0.25) is 4.73 Å². The minimum Gasteiger partial charge on any atom is -0.464 e. The van der Waals surface area contributed by atoms with E-state index in [9.17, 15) is 0 Å². The van der Waals surface area contributed by atoms with Crippen LogP contribution in [0.1, 0.15) is 13.0 Å².